The molecule has 76 heavy (non-hydrogen) atoms. The van der Waals surface area contributed by atoms with E-state index in [9.17, 15) is 19.0 Å². The maximum Gasteiger partial charge on any atom is 0.472 e. The van der Waals surface area contributed by atoms with E-state index in [1.54, 1.807) is 0 Å². The summed E-state index contributed by atoms with van der Waals surface area (Å²) < 4.78 is 33.1. The molecule has 10 heteroatoms. The van der Waals surface area contributed by atoms with E-state index in [-0.39, 0.29) is 38.6 Å². The summed E-state index contributed by atoms with van der Waals surface area (Å²) in [6.07, 6.45) is 77.7. The molecule has 9 nitrogen and oxygen atoms in total. The summed E-state index contributed by atoms with van der Waals surface area (Å²) in [6.45, 7) is 3.69. The second kappa shape index (κ2) is 62.2. The highest BCUT2D eigenvalue weighted by atomic mass is 31.2. The van der Waals surface area contributed by atoms with E-state index in [0.717, 1.165) is 57.8 Å². The first kappa shape index (κ1) is 74.0. The number of phosphoric acid groups is 1. The fourth-order valence-electron chi connectivity index (χ4n) is 9.69. The number of nitrogens with two attached hydrogens (primary N) is 1. The van der Waals surface area contributed by atoms with Crippen molar-refractivity contribution < 1.29 is 37.6 Å². The molecule has 0 rings (SSSR count). The number of allylic oxidation sites excluding steroid dienone is 8. The fraction of sp³-hybridized carbons (Fsp3) is 0.848. The Labute approximate surface area is 470 Å². The van der Waals surface area contributed by atoms with Gasteiger partial charge in [-0.1, -0.05) is 313 Å². The Morgan fingerprint density at radius 2 is 0.724 bits per heavy atom. The number of carbonyl (C=O) groups excluding carboxylic acids is 2. The minimum absolute atomic E-state index is 0.0563. The van der Waals surface area contributed by atoms with E-state index < -0.39 is 26.5 Å². The Morgan fingerprint density at radius 1 is 0.408 bits per heavy atom. The van der Waals surface area contributed by atoms with Crippen molar-refractivity contribution >= 4 is 19.8 Å². The Kier molecular flexibility index (Phi) is 60.5. The summed E-state index contributed by atoms with van der Waals surface area (Å²) in [5.74, 6) is -0.807. The molecule has 0 fully saturated rings. The lowest BCUT2D eigenvalue weighted by Crippen LogP contribution is -2.29. The summed E-state index contributed by atoms with van der Waals surface area (Å²) in [4.78, 5) is 35.2. The van der Waals surface area contributed by atoms with Crippen molar-refractivity contribution in [2.45, 2.75) is 335 Å². The Morgan fingerprint density at radius 3 is 1.08 bits per heavy atom. The van der Waals surface area contributed by atoms with E-state index >= 15 is 0 Å². The third-order valence-electron chi connectivity index (χ3n) is 14.5. The van der Waals surface area contributed by atoms with Gasteiger partial charge in [-0.3, -0.25) is 18.6 Å². The Hall–Kier alpha value is -2.03. The van der Waals surface area contributed by atoms with Gasteiger partial charge in [-0.15, -0.1) is 0 Å². The lowest BCUT2D eigenvalue weighted by molar-refractivity contribution is -0.161. The van der Waals surface area contributed by atoms with Gasteiger partial charge in [-0.25, -0.2) is 4.57 Å². The molecule has 0 aliphatic carbocycles. The van der Waals surface area contributed by atoms with Crippen molar-refractivity contribution in [1.29, 1.82) is 0 Å². The van der Waals surface area contributed by atoms with Gasteiger partial charge >= 0.3 is 19.8 Å². The summed E-state index contributed by atoms with van der Waals surface area (Å²) in [7, 11) is -4.38. The molecule has 0 saturated heterocycles. The quantitative estimate of drug-likeness (QED) is 0.0264. The Balaban J connectivity index is 3.79. The van der Waals surface area contributed by atoms with Gasteiger partial charge in [0.25, 0.3) is 0 Å². The summed E-state index contributed by atoms with van der Waals surface area (Å²) in [5, 5.41) is 0. The highest BCUT2D eigenvalue weighted by Gasteiger charge is 2.26. The van der Waals surface area contributed by atoms with Crippen LogP contribution in [-0.2, 0) is 32.7 Å². The molecule has 0 aromatic rings. The first-order valence-electron chi connectivity index (χ1n) is 32.6. The van der Waals surface area contributed by atoms with Crippen LogP contribution in [0.3, 0.4) is 0 Å². The number of carbonyl (C=O) groups is 2. The minimum atomic E-state index is -4.38. The van der Waals surface area contributed by atoms with Crippen LogP contribution in [0.5, 0.6) is 0 Å². The minimum Gasteiger partial charge on any atom is -0.462 e. The van der Waals surface area contributed by atoms with E-state index in [2.05, 4.69) is 62.5 Å². The third kappa shape index (κ3) is 61.2. The maximum atomic E-state index is 12.7. The van der Waals surface area contributed by atoms with Gasteiger partial charge < -0.3 is 20.1 Å². The van der Waals surface area contributed by atoms with Gasteiger partial charge in [0.1, 0.15) is 6.61 Å². The van der Waals surface area contributed by atoms with Crippen LogP contribution in [0.2, 0.25) is 0 Å². The zero-order valence-electron chi connectivity index (χ0n) is 50.0. The monoisotopic (exact) mass is 1090 g/mol. The van der Waals surface area contributed by atoms with Crippen LogP contribution in [-0.4, -0.2) is 49.3 Å². The zero-order valence-corrected chi connectivity index (χ0v) is 50.9. The predicted octanol–water partition coefficient (Wildman–Crippen LogP) is 20.9. The van der Waals surface area contributed by atoms with E-state index in [1.165, 1.54) is 238 Å². The smallest absolute Gasteiger partial charge is 0.462 e. The lowest BCUT2D eigenvalue weighted by Gasteiger charge is -2.19. The molecule has 2 atom stereocenters. The second-order valence-electron chi connectivity index (χ2n) is 22.0. The topological polar surface area (TPSA) is 134 Å². The number of rotatable bonds is 62. The van der Waals surface area contributed by atoms with Crippen LogP contribution in [0, 0.1) is 0 Å². The van der Waals surface area contributed by atoms with Crippen LogP contribution < -0.4 is 5.73 Å². The summed E-state index contributed by atoms with van der Waals surface area (Å²) in [6, 6.07) is 0. The summed E-state index contributed by atoms with van der Waals surface area (Å²) in [5.41, 5.74) is 5.39. The maximum absolute atomic E-state index is 12.7. The fourth-order valence-corrected chi connectivity index (χ4v) is 10.5. The molecule has 0 radical (unpaired) electrons. The van der Waals surface area contributed by atoms with E-state index in [1.807, 2.05) is 0 Å². The van der Waals surface area contributed by atoms with Gasteiger partial charge in [0.05, 0.1) is 13.2 Å². The number of unbranched alkanes of at least 4 members (excludes halogenated alkanes) is 41. The normalized spacial score (nSPS) is 13.3. The van der Waals surface area contributed by atoms with Crippen molar-refractivity contribution in [3.05, 3.63) is 48.6 Å². The molecule has 0 heterocycles. The Bertz CT molecular complexity index is 1380. The van der Waals surface area contributed by atoms with Crippen LogP contribution >= 0.6 is 7.82 Å². The molecule has 0 spiro atoms. The molecule has 3 N–H and O–H groups in total. The summed E-state index contributed by atoms with van der Waals surface area (Å²) >= 11 is 0. The molecule has 0 aromatic carbocycles. The van der Waals surface area contributed by atoms with Gasteiger partial charge in [-0.05, 0) is 51.4 Å². The van der Waals surface area contributed by atoms with Crippen LogP contribution in [0.4, 0.5) is 0 Å². The van der Waals surface area contributed by atoms with Gasteiger partial charge in [0.2, 0.25) is 0 Å². The van der Waals surface area contributed by atoms with E-state index in [4.69, 9.17) is 24.3 Å². The highest BCUT2D eigenvalue weighted by Crippen LogP contribution is 2.43. The molecular weight excluding hydrogens is 966 g/mol. The van der Waals surface area contributed by atoms with Crippen molar-refractivity contribution in [3.63, 3.8) is 0 Å². The molecule has 0 aromatic heterocycles. The SMILES string of the molecule is CC/C=C\C/C=C\C/C=C\C/C=C\CCCCCCCCCCCCCCCCCCCCCCCCCCC(=O)OC(COC(=O)CCCCCCCCCCCCCCCCCCCC)COP(=O)(O)OCCN. The van der Waals surface area contributed by atoms with Gasteiger partial charge in [0, 0.05) is 19.4 Å². The first-order valence-corrected chi connectivity index (χ1v) is 34.1. The molecule has 0 aliphatic heterocycles. The molecular formula is C66H124NO8P. The molecule has 0 saturated carbocycles. The molecule has 0 bridgehead atoms. The predicted molar refractivity (Wildman–Crippen MR) is 326 cm³/mol. The van der Waals surface area contributed by atoms with Gasteiger partial charge in [0.15, 0.2) is 6.10 Å². The lowest BCUT2D eigenvalue weighted by atomic mass is 10.0. The van der Waals surface area contributed by atoms with Crippen LogP contribution in [0.25, 0.3) is 0 Å². The van der Waals surface area contributed by atoms with Crippen molar-refractivity contribution in [1.82, 2.24) is 0 Å². The standard InChI is InChI=1S/C66H124NO8P/c1-3-5-7-9-11-13-15-17-19-21-23-24-25-26-27-28-29-30-31-32-33-34-35-36-37-38-39-40-41-43-45-47-49-51-53-55-57-59-66(69)75-64(63-74-76(70,71)73-61-60-67)62-72-65(68)58-56-54-52-50-48-46-44-42-22-20-18-16-14-12-10-8-6-4-2/h5,7,11,13,17,19,23-24,64H,3-4,6,8-10,12,14-16,18,20-22,25-63,67H2,1-2H3,(H,70,71)/b7-5-,13-11-,19-17-,24-23-. The molecule has 2 unspecified atom stereocenters. The average molecular weight is 1090 g/mol. The van der Waals surface area contributed by atoms with Crippen molar-refractivity contribution in [2.75, 3.05) is 26.4 Å². The highest BCUT2D eigenvalue weighted by molar-refractivity contribution is 7.47. The number of phosphoric ester groups is 1. The molecule has 0 amide bonds. The number of esters is 2. The molecule has 446 valence electrons. The number of hydrogen-bond acceptors (Lipinski definition) is 8. The third-order valence-corrected chi connectivity index (χ3v) is 15.5. The zero-order chi connectivity index (χ0) is 55.2. The van der Waals surface area contributed by atoms with E-state index in [0.29, 0.717) is 6.42 Å². The van der Waals surface area contributed by atoms with Crippen LogP contribution in [0.1, 0.15) is 328 Å². The van der Waals surface area contributed by atoms with Crippen molar-refractivity contribution in [2.24, 2.45) is 5.73 Å². The number of hydrogen-bond donors (Lipinski definition) is 2. The first-order chi connectivity index (χ1) is 37.3. The van der Waals surface area contributed by atoms with Gasteiger partial charge in [-0.2, -0.15) is 0 Å². The number of ether oxygens (including phenoxy) is 2. The van der Waals surface area contributed by atoms with Crippen LogP contribution in [0.15, 0.2) is 48.6 Å². The average Bonchev–Trinajstić information content (AvgIpc) is 3.41. The largest absolute Gasteiger partial charge is 0.472 e. The molecule has 0 aliphatic rings. The van der Waals surface area contributed by atoms with Crippen molar-refractivity contribution in [3.8, 4) is 0 Å². The second-order valence-corrected chi connectivity index (χ2v) is 23.4.